The van der Waals surface area contributed by atoms with Gasteiger partial charge in [0, 0.05) is 27.3 Å². The van der Waals surface area contributed by atoms with E-state index in [-0.39, 0.29) is 27.3 Å². The molecule has 0 rings (SSSR count). The Labute approximate surface area is 59.7 Å². The van der Waals surface area contributed by atoms with Gasteiger partial charge in [0.1, 0.15) is 0 Å². The third-order valence-corrected chi connectivity index (χ3v) is 0.239. The molecule has 0 heterocycles. The molecule has 7 heteroatoms. The SMILES string of the molecule is O=S(=O)(O)OF.[Cd]. The molecule has 0 fully saturated rings. The third kappa shape index (κ3) is 10.8. The summed E-state index contributed by atoms with van der Waals surface area (Å²) >= 11 is 0. The van der Waals surface area contributed by atoms with E-state index in [1.165, 1.54) is 0 Å². The molecule has 0 radical (unpaired) electrons. The first kappa shape index (κ1) is 10.7. The Morgan fingerprint density at radius 2 is 1.71 bits per heavy atom. The van der Waals surface area contributed by atoms with Crippen LogP contribution in [-0.4, -0.2) is 13.0 Å². The van der Waals surface area contributed by atoms with Crippen LogP contribution in [0.5, 0.6) is 0 Å². The van der Waals surface area contributed by atoms with Crippen molar-refractivity contribution >= 4 is 10.4 Å². The van der Waals surface area contributed by atoms with E-state index in [9.17, 15) is 4.53 Å². The molecular formula is HCdFO4S. The second kappa shape index (κ2) is 3.69. The largest absolute Gasteiger partial charge is 0.428 e. The maximum absolute atomic E-state index is 10.2. The van der Waals surface area contributed by atoms with Gasteiger partial charge in [0.25, 0.3) is 0 Å². The van der Waals surface area contributed by atoms with Crippen LogP contribution in [-0.2, 0) is 42.1 Å². The fourth-order valence-corrected chi connectivity index (χ4v) is 0. The minimum absolute atomic E-state index is 0. The summed E-state index contributed by atoms with van der Waals surface area (Å²) in [6.45, 7) is 0. The topological polar surface area (TPSA) is 63.6 Å². The van der Waals surface area contributed by atoms with Crippen LogP contribution in [0.25, 0.3) is 0 Å². The van der Waals surface area contributed by atoms with Gasteiger partial charge >= 0.3 is 10.4 Å². The predicted octanol–water partition coefficient (Wildman–Crippen LogP) is -0.312. The first-order valence-corrected chi connectivity index (χ1v) is 2.20. The van der Waals surface area contributed by atoms with E-state index < -0.39 is 10.4 Å². The van der Waals surface area contributed by atoms with Crippen molar-refractivity contribution < 1.29 is 49.2 Å². The molecule has 0 unspecified atom stereocenters. The van der Waals surface area contributed by atoms with Crippen LogP contribution < -0.4 is 0 Å². The average Bonchev–Trinajstić information content (AvgIpc) is 1.35. The Hall–Kier alpha value is 0.722. The summed E-state index contributed by atoms with van der Waals surface area (Å²) in [6, 6.07) is 0. The molecule has 40 valence electrons. The van der Waals surface area contributed by atoms with E-state index in [0.29, 0.717) is 0 Å². The summed E-state index contributed by atoms with van der Waals surface area (Å²) in [5, 5.41) is 0. The van der Waals surface area contributed by atoms with E-state index in [0.717, 1.165) is 0 Å². The number of halogens is 1. The van der Waals surface area contributed by atoms with E-state index in [1.807, 2.05) is 4.39 Å². The van der Waals surface area contributed by atoms with Crippen molar-refractivity contribution in [1.82, 2.24) is 0 Å². The molecule has 0 aromatic carbocycles. The Balaban J connectivity index is 0. The minimum Gasteiger partial charge on any atom is -0.262 e. The second-order valence-electron chi connectivity index (χ2n) is 0.491. The molecule has 7 heavy (non-hydrogen) atoms. The van der Waals surface area contributed by atoms with Gasteiger partial charge in [0.15, 0.2) is 0 Å². The monoisotopic (exact) mass is 230 g/mol. The van der Waals surface area contributed by atoms with Crippen LogP contribution in [0.4, 0.5) is 4.53 Å². The van der Waals surface area contributed by atoms with Crippen molar-refractivity contribution in [3.8, 4) is 0 Å². The summed E-state index contributed by atoms with van der Waals surface area (Å²) in [4.78, 5) is 0. The quantitative estimate of drug-likeness (QED) is 0.494. The standard InChI is InChI=1S/Cd.FHO4S/c;1-5-6(2,3)4/h;(H,2,3,4). The van der Waals surface area contributed by atoms with E-state index >= 15 is 0 Å². The zero-order valence-electron chi connectivity index (χ0n) is 3.17. The van der Waals surface area contributed by atoms with Crippen molar-refractivity contribution in [2.75, 3.05) is 0 Å². The number of rotatable bonds is 1. The molecule has 0 aliphatic heterocycles. The van der Waals surface area contributed by atoms with Crippen LogP contribution >= 0.6 is 0 Å². The van der Waals surface area contributed by atoms with Crippen LogP contribution in [0, 0.1) is 0 Å². The molecule has 0 aliphatic carbocycles. The van der Waals surface area contributed by atoms with Crippen LogP contribution in [0.2, 0.25) is 0 Å². The first-order valence-electron chi connectivity index (χ1n) is 0.837. The maximum Gasteiger partial charge on any atom is 0.428 e. The maximum atomic E-state index is 10.2. The molecule has 0 aromatic rings. The molecule has 0 aliphatic rings. The summed E-state index contributed by atoms with van der Waals surface area (Å²) in [7, 11) is -4.83. The molecule has 1 N–H and O–H groups in total. The molecule has 0 bridgehead atoms. The molecule has 0 saturated carbocycles. The molecule has 0 saturated heterocycles. The van der Waals surface area contributed by atoms with Crippen LogP contribution in [0.3, 0.4) is 0 Å². The Morgan fingerprint density at radius 3 is 1.71 bits per heavy atom. The molecule has 4 nitrogen and oxygen atoms in total. The zero-order chi connectivity index (χ0) is 5.21. The summed E-state index contributed by atoms with van der Waals surface area (Å²) in [5.74, 6) is 0. The molecule has 0 amide bonds. The Kier molecular flexibility index (Phi) is 5.62. The molecule has 0 atom stereocenters. The Bertz CT molecular complexity index is 114. The van der Waals surface area contributed by atoms with Gasteiger partial charge in [-0.1, -0.05) is 0 Å². The summed E-state index contributed by atoms with van der Waals surface area (Å²) in [5.41, 5.74) is 0. The summed E-state index contributed by atoms with van der Waals surface area (Å²) in [6.07, 6.45) is 0. The van der Waals surface area contributed by atoms with Gasteiger partial charge in [-0.2, -0.15) is 8.42 Å². The van der Waals surface area contributed by atoms with Crippen LogP contribution in [0.1, 0.15) is 0 Å². The molecule has 0 aromatic heterocycles. The van der Waals surface area contributed by atoms with Gasteiger partial charge in [-0.25, -0.2) is 0 Å². The molecular weight excluding hydrogens is 227 g/mol. The van der Waals surface area contributed by atoms with E-state index in [2.05, 4.69) is 0 Å². The fraction of sp³-hybridized carbons (Fsp3) is 0. The normalized spacial score (nSPS) is 10.0. The van der Waals surface area contributed by atoms with Gasteiger partial charge in [-0.3, -0.25) is 4.55 Å². The minimum atomic E-state index is -4.83. The van der Waals surface area contributed by atoms with Crippen molar-refractivity contribution in [2.24, 2.45) is 0 Å². The van der Waals surface area contributed by atoms with Gasteiger partial charge in [0.05, 0.1) is 0 Å². The van der Waals surface area contributed by atoms with E-state index in [4.69, 9.17) is 13.0 Å². The van der Waals surface area contributed by atoms with Gasteiger partial charge in [0.2, 0.25) is 0 Å². The third-order valence-electron chi connectivity index (χ3n) is 0.0796. The average molecular weight is 228 g/mol. The van der Waals surface area contributed by atoms with Crippen molar-refractivity contribution in [3.05, 3.63) is 0 Å². The predicted molar refractivity (Wildman–Crippen MR) is 13.7 cm³/mol. The van der Waals surface area contributed by atoms with E-state index in [1.54, 1.807) is 0 Å². The number of hydrogen-bond acceptors (Lipinski definition) is 3. The van der Waals surface area contributed by atoms with Gasteiger partial charge in [-0.15, -0.1) is 0 Å². The first-order chi connectivity index (χ1) is 2.56. The van der Waals surface area contributed by atoms with Crippen molar-refractivity contribution in [2.45, 2.75) is 0 Å². The molecule has 0 spiro atoms. The Morgan fingerprint density at radius 1 is 1.57 bits per heavy atom. The van der Waals surface area contributed by atoms with Crippen molar-refractivity contribution in [3.63, 3.8) is 0 Å². The smallest absolute Gasteiger partial charge is 0.262 e. The van der Waals surface area contributed by atoms with Gasteiger partial charge < -0.3 is 0 Å². The zero-order valence-corrected chi connectivity index (χ0v) is 8.02. The van der Waals surface area contributed by atoms with Crippen molar-refractivity contribution in [1.29, 1.82) is 0 Å². The fourth-order valence-electron chi connectivity index (χ4n) is 0. The summed E-state index contributed by atoms with van der Waals surface area (Å²) < 4.78 is 37.2. The number of hydrogen-bond donors (Lipinski definition) is 1. The second-order valence-corrected chi connectivity index (χ2v) is 1.47. The van der Waals surface area contributed by atoms with Crippen LogP contribution in [0.15, 0.2) is 0 Å². The van der Waals surface area contributed by atoms with Gasteiger partial charge in [-0.05, 0) is 8.91 Å².